The lowest BCUT2D eigenvalue weighted by molar-refractivity contribution is 0.202. The number of hydrogen-bond donors (Lipinski definition) is 1. The summed E-state index contributed by atoms with van der Waals surface area (Å²) < 4.78 is 25.6. The normalized spacial score (nSPS) is 17.7. The Morgan fingerprint density at radius 2 is 2.12 bits per heavy atom. The van der Waals surface area contributed by atoms with Gasteiger partial charge in [0.25, 0.3) is 0 Å². The molecule has 7 nitrogen and oxygen atoms in total. The van der Waals surface area contributed by atoms with Gasteiger partial charge in [-0.25, -0.2) is 9.40 Å². The molecule has 1 aliphatic heterocycles. The first-order valence-corrected chi connectivity index (χ1v) is 10.1. The minimum absolute atomic E-state index is 0.336. The average Bonchev–Trinajstić information content (AvgIpc) is 3.10. The van der Waals surface area contributed by atoms with Gasteiger partial charge in [0, 0.05) is 30.4 Å². The molecule has 3 rings (SSSR count). The minimum Gasteiger partial charge on any atom is -0.760 e. The van der Waals surface area contributed by atoms with Crippen LogP contribution in [0.25, 0.3) is 0 Å². The lowest BCUT2D eigenvalue weighted by atomic mass is 9.88. The van der Waals surface area contributed by atoms with Crippen LogP contribution in [0, 0.1) is 0 Å². The molecule has 1 atom stereocenters. The molecular formula is C18H26N5O2S-. The van der Waals surface area contributed by atoms with E-state index in [1.807, 2.05) is 23.0 Å². The Hall–Kier alpha value is -1.61. The van der Waals surface area contributed by atoms with Gasteiger partial charge in [-0.15, -0.1) is 5.10 Å². The van der Waals surface area contributed by atoms with Crippen molar-refractivity contribution in [1.82, 2.24) is 24.6 Å². The summed E-state index contributed by atoms with van der Waals surface area (Å²) in [5.41, 5.74) is 3.32. The summed E-state index contributed by atoms with van der Waals surface area (Å²) in [5, 5.41) is 8.44. The molecule has 1 aromatic carbocycles. The van der Waals surface area contributed by atoms with Crippen LogP contribution < -0.4 is 4.72 Å². The Balaban J connectivity index is 1.53. The number of rotatable bonds is 7. The van der Waals surface area contributed by atoms with Gasteiger partial charge in [-0.1, -0.05) is 29.5 Å². The molecule has 0 spiro atoms. The van der Waals surface area contributed by atoms with E-state index >= 15 is 0 Å². The number of piperidine rings is 1. The molecule has 1 aromatic heterocycles. The molecule has 0 radical (unpaired) electrons. The lowest BCUT2D eigenvalue weighted by Gasteiger charge is -2.31. The van der Waals surface area contributed by atoms with E-state index in [0.29, 0.717) is 18.5 Å². The third-order valence-corrected chi connectivity index (χ3v) is 5.26. The quantitative estimate of drug-likeness (QED) is 0.748. The van der Waals surface area contributed by atoms with E-state index in [9.17, 15) is 8.76 Å². The van der Waals surface area contributed by atoms with Crippen LogP contribution >= 0.6 is 0 Å². The zero-order valence-electron chi connectivity index (χ0n) is 15.3. The fourth-order valence-electron chi connectivity index (χ4n) is 3.39. The van der Waals surface area contributed by atoms with Gasteiger partial charge in [0.1, 0.15) is 0 Å². The van der Waals surface area contributed by atoms with E-state index in [0.717, 1.165) is 43.7 Å². The molecule has 26 heavy (non-hydrogen) atoms. The fraction of sp³-hybridized carbons (Fsp3) is 0.556. The van der Waals surface area contributed by atoms with Gasteiger partial charge in [-0.3, -0.25) is 9.11 Å². The van der Waals surface area contributed by atoms with Crippen LogP contribution in [0.4, 0.5) is 0 Å². The average molecular weight is 377 g/mol. The molecule has 8 heteroatoms. The van der Waals surface area contributed by atoms with Crippen molar-refractivity contribution in [3.63, 3.8) is 0 Å². The maximum atomic E-state index is 10.7. The first-order chi connectivity index (χ1) is 12.5. The lowest BCUT2D eigenvalue weighted by Crippen LogP contribution is -2.32. The highest BCUT2D eigenvalue weighted by atomic mass is 32.2. The van der Waals surface area contributed by atoms with Gasteiger partial charge in [0.2, 0.25) is 0 Å². The Morgan fingerprint density at radius 1 is 1.35 bits per heavy atom. The summed E-state index contributed by atoms with van der Waals surface area (Å²) in [4.78, 5) is 2.43. The largest absolute Gasteiger partial charge is 0.760 e. The Bertz CT molecular complexity index is 741. The second-order valence-corrected chi connectivity index (χ2v) is 7.89. The second kappa shape index (κ2) is 8.85. The zero-order valence-corrected chi connectivity index (χ0v) is 16.1. The van der Waals surface area contributed by atoms with Crippen molar-refractivity contribution in [2.75, 3.05) is 13.1 Å². The van der Waals surface area contributed by atoms with Gasteiger partial charge < -0.3 is 4.55 Å². The SMILES string of the molecule is CC(C)n1cc(CN2CCC(c3cccc(CNS(=O)[O-])c3)CC2)nn1. The van der Waals surface area contributed by atoms with E-state index < -0.39 is 11.3 Å². The maximum absolute atomic E-state index is 10.7. The Morgan fingerprint density at radius 3 is 2.77 bits per heavy atom. The summed E-state index contributed by atoms with van der Waals surface area (Å²) >= 11 is -2.22. The highest BCUT2D eigenvalue weighted by Gasteiger charge is 2.21. The molecular weight excluding hydrogens is 350 g/mol. The van der Waals surface area contributed by atoms with Gasteiger partial charge in [0.15, 0.2) is 0 Å². The molecule has 1 N–H and O–H groups in total. The van der Waals surface area contributed by atoms with Gasteiger partial charge in [-0.05, 0) is 56.8 Å². The van der Waals surface area contributed by atoms with Crippen LogP contribution in [0.3, 0.4) is 0 Å². The molecule has 1 unspecified atom stereocenters. The van der Waals surface area contributed by atoms with Crippen molar-refractivity contribution < 1.29 is 8.76 Å². The van der Waals surface area contributed by atoms with Crippen LogP contribution in [-0.2, 0) is 24.4 Å². The number of aromatic nitrogens is 3. The van der Waals surface area contributed by atoms with E-state index in [4.69, 9.17) is 0 Å². The van der Waals surface area contributed by atoms with Crippen LogP contribution in [0.15, 0.2) is 30.5 Å². The summed E-state index contributed by atoms with van der Waals surface area (Å²) in [6.07, 6.45) is 4.23. The van der Waals surface area contributed by atoms with Crippen molar-refractivity contribution in [3.05, 3.63) is 47.3 Å². The summed E-state index contributed by atoms with van der Waals surface area (Å²) in [6, 6.07) is 8.57. The number of nitrogens with zero attached hydrogens (tertiary/aromatic N) is 4. The third-order valence-electron chi connectivity index (χ3n) is 4.88. The molecule has 0 bridgehead atoms. The number of likely N-dealkylation sites (tertiary alicyclic amines) is 1. The number of nitrogens with one attached hydrogen (secondary N) is 1. The standard InChI is InChI=1S/C18H27N5O2S/c1-14(2)23-13-18(20-21-23)12-22-8-6-16(7-9-22)17-5-3-4-15(10-17)11-19-26(24)25/h3-5,10,13-14,16,19H,6-9,11-12H2,1-2H3,(H,24,25)/p-1. The van der Waals surface area contributed by atoms with E-state index in [1.54, 1.807) is 0 Å². The summed E-state index contributed by atoms with van der Waals surface area (Å²) in [5.74, 6) is 0.523. The topological polar surface area (TPSA) is 86.1 Å². The van der Waals surface area contributed by atoms with Gasteiger partial charge in [-0.2, -0.15) is 0 Å². The van der Waals surface area contributed by atoms with Crippen LogP contribution in [0.1, 0.15) is 55.5 Å². The van der Waals surface area contributed by atoms with Gasteiger partial charge in [0.05, 0.1) is 11.9 Å². The molecule has 142 valence electrons. The van der Waals surface area contributed by atoms with Crippen molar-refractivity contribution in [2.45, 2.75) is 51.7 Å². The molecule has 1 aliphatic rings. The second-order valence-electron chi connectivity index (χ2n) is 7.13. The highest BCUT2D eigenvalue weighted by Crippen LogP contribution is 2.29. The molecule has 1 fully saturated rings. The first-order valence-electron chi connectivity index (χ1n) is 9.06. The van der Waals surface area contributed by atoms with E-state index in [-0.39, 0.29) is 0 Å². The predicted molar refractivity (Wildman–Crippen MR) is 99.9 cm³/mol. The molecule has 1 saturated heterocycles. The summed E-state index contributed by atoms with van der Waals surface area (Å²) in [6.45, 7) is 7.45. The Kier molecular flexibility index (Phi) is 6.53. The fourth-order valence-corrected chi connectivity index (χ4v) is 3.68. The highest BCUT2D eigenvalue weighted by molar-refractivity contribution is 7.77. The number of hydrogen-bond acceptors (Lipinski definition) is 5. The third kappa shape index (κ3) is 5.20. The van der Waals surface area contributed by atoms with Gasteiger partial charge >= 0.3 is 0 Å². The predicted octanol–water partition coefficient (Wildman–Crippen LogP) is 2.12. The molecule has 0 amide bonds. The Labute approximate surface area is 157 Å². The monoisotopic (exact) mass is 376 g/mol. The molecule has 2 aromatic rings. The minimum atomic E-state index is -2.22. The van der Waals surface area contributed by atoms with Crippen molar-refractivity contribution >= 4 is 11.3 Å². The summed E-state index contributed by atoms with van der Waals surface area (Å²) in [7, 11) is 0. The molecule has 0 saturated carbocycles. The van der Waals surface area contributed by atoms with Crippen LogP contribution in [0.2, 0.25) is 0 Å². The van der Waals surface area contributed by atoms with E-state index in [2.05, 4.69) is 45.9 Å². The molecule has 0 aliphatic carbocycles. The number of benzene rings is 1. The van der Waals surface area contributed by atoms with E-state index in [1.165, 1.54) is 5.56 Å². The van der Waals surface area contributed by atoms with Crippen LogP contribution in [-0.4, -0.2) is 41.7 Å². The smallest absolute Gasteiger partial charge is 0.0967 e. The molecule has 2 heterocycles. The van der Waals surface area contributed by atoms with Crippen LogP contribution in [0.5, 0.6) is 0 Å². The first kappa shape index (κ1) is 19.2. The van der Waals surface area contributed by atoms with Crippen molar-refractivity contribution in [1.29, 1.82) is 0 Å². The maximum Gasteiger partial charge on any atom is 0.0967 e. The van der Waals surface area contributed by atoms with Crippen molar-refractivity contribution in [2.24, 2.45) is 0 Å². The van der Waals surface area contributed by atoms with Crippen molar-refractivity contribution in [3.8, 4) is 0 Å². The zero-order chi connectivity index (χ0) is 18.5.